The number of benzene rings is 1. The third-order valence-corrected chi connectivity index (χ3v) is 3.28. The Morgan fingerprint density at radius 2 is 1.74 bits per heavy atom. The average molecular weight is 255 g/mol. The number of Topliss-reactive ketones (excluding diaryl/α,β-unsaturated/α-hetero) is 2. The van der Waals surface area contributed by atoms with Gasteiger partial charge in [-0.3, -0.25) is 9.59 Å². The molecule has 1 heterocycles. The van der Waals surface area contributed by atoms with Crippen molar-refractivity contribution < 1.29 is 19.5 Å². The molecule has 1 aromatic heterocycles. The maximum Gasteiger partial charge on any atom is 0.338 e. The number of hydrogen-bond donors (Lipinski definition) is 2. The largest absolute Gasteiger partial charge is 0.478 e. The molecule has 5 nitrogen and oxygen atoms in total. The summed E-state index contributed by atoms with van der Waals surface area (Å²) in [5.41, 5.74) is 1.54. The standard InChI is InChI=1S/C14H9NO4/c1-6-9(14(18)19)10-7-4-2-3-5-8(7)12(16)13(17)11(10)15-6/h2-5,15H,1H3,(H,18,19). The molecule has 0 unspecified atom stereocenters. The van der Waals surface area contributed by atoms with Crippen LogP contribution in [0.4, 0.5) is 0 Å². The summed E-state index contributed by atoms with van der Waals surface area (Å²) in [6, 6.07) is 6.54. The monoisotopic (exact) mass is 255 g/mol. The number of aryl methyl sites for hydroxylation is 1. The summed E-state index contributed by atoms with van der Waals surface area (Å²) >= 11 is 0. The summed E-state index contributed by atoms with van der Waals surface area (Å²) in [5, 5.41) is 9.27. The van der Waals surface area contributed by atoms with Crippen LogP contribution in [0.25, 0.3) is 11.1 Å². The summed E-state index contributed by atoms with van der Waals surface area (Å²) in [6.45, 7) is 1.57. The number of rotatable bonds is 1. The van der Waals surface area contributed by atoms with Gasteiger partial charge >= 0.3 is 5.97 Å². The summed E-state index contributed by atoms with van der Waals surface area (Å²) in [4.78, 5) is 38.0. The Balaban J connectivity index is 2.45. The highest BCUT2D eigenvalue weighted by molar-refractivity contribution is 6.53. The van der Waals surface area contributed by atoms with Crippen molar-refractivity contribution in [2.75, 3.05) is 0 Å². The minimum absolute atomic E-state index is 0.0447. The lowest BCUT2D eigenvalue weighted by Gasteiger charge is -2.14. The molecule has 2 N–H and O–H groups in total. The van der Waals surface area contributed by atoms with Crippen LogP contribution in [0.3, 0.4) is 0 Å². The van der Waals surface area contributed by atoms with E-state index in [2.05, 4.69) is 4.98 Å². The highest BCUT2D eigenvalue weighted by atomic mass is 16.4. The van der Waals surface area contributed by atoms with Crippen molar-refractivity contribution in [3.8, 4) is 11.1 Å². The number of carbonyl (C=O) groups excluding carboxylic acids is 2. The Bertz CT molecular complexity index is 755. The quantitative estimate of drug-likeness (QED) is 0.763. The molecule has 1 aromatic carbocycles. The van der Waals surface area contributed by atoms with Gasteiger partial charge in [-0.2, -0.15) is 0 Å². The molecular formula is C14H9NO4. The molecule has 0 spiro atoms. The normalized spacial score (nSPS) is 13.1. The van der Waals surface area contributed by atoms with Crippen LogP contribution < -0.4 is 0 Å². The zero-order valence-electron chi connectivity index (χ0n) is 9.98. The van der Waals surface area contributed by atoms with E-state index in [9.17, 15) is 19.5 Å². The topological polar surface area (TPSA) is 87.2 Å². The third-order valence-electron chi connectivity index (χ3n) is 3.28. The van der Waals surface area contributed by atoms with Gasteiger partial charge in [0, 0.05) is 16.8 Å². The Labute approximate surface area is 107 Å². The van der Waals surface area contributed by atoms with Crippen molar-refractivity contribution in [2.45, 2.75) is 6.92 Å². The molecule has 0 saturated carbocycles. The molecule has 5 heteroatoms. The second kappa shape index (κ2) is 3.65. The zero-order valence-corrected chi connectivity index (χ0v) is 9.98. The number of H-pyrrole nitrogens is 1. The number of ketones is 2. The van der Waals surface area contributed by atoms with Gasteiger partial charge in [0.2, 0.25) is 11.6 Å². The second-order valence-electron chi connectivity index (χ2n) is 4.38. The van der Waals surface area contributed by atoms with Crippen molar-refractivity contribution in [3.63, 3.8) is 0 Å². The van der Waals surface area contributed by atoms with Crippen LogP contribution in [-0.4, -0.2) is 27.6 Å². The van der Waals surface area contributed by atoms with Crippen LogP contribution in [0.1, 0.15) is 36.9 Å². The highest BCUT2D eigenvalue weighted by Gasteiger charge is 2.35. The number of nitrogens with one attached hydrogen (secondary N) is 1. The van der Waals surface area contributed by atoms with E-state index in [0.717, 1.165) is 0 Å². The first-order valence-corrected chi connectivity index (χ1v) is 5.66. The first-order valence-electron chi connectivity index (χ1n) is 5.66. The Hall–Kier alpha value is -2.69. The Morgan fingerprint density at radius 1 is 1.11 bits per heavy atom. The number of aromatic amines is 1. The fourth-order valence-corrected chi connectivity index (χ4v) is 2.47. The summed E-state index contributed by atoms with van der Waals surface area (Å²) in [7, 11) is 0. The second-order valence-corrected chi connectivity index (χ2v) is 4.38. The lowest BCUT2D eigenvalue weighted by molar-refractivity contribution is 0.0696. The fraction of sp³-hybridized carbons (Fsp3) is 0.0714. The Kier molecular flexibility index (Phi) is 2.19. The number of aromatic carboxylic acids is 1. The molecule has 0 saturated heterocycles. The van der Waals surface area contributed by atoms with E-state index >= 15 is 0 Å². The van der Waals surface area contributed by atoms with Crippen molar-refractivity contribution >= 4 is 17.5 Å². The molecule has 1 aliphatic carbocycles. The molecule has 0 atom stereocenters. The van der Waals surface area contributed by atoms with Crippen molar-refractivity contribution in [3.05, 3.63) is 46.8 Å². The third kappa shape index (κ3) is 1.38. The van der Waals surface area contributed by atoms with Crippen LogP contribution in [0, 0.1) is 6.92 Å². The summed E-state index contributed by atoms with van der Waals surface area (Å²) in [5.74, 6) is -2.42. The van der Waals surface area contributed by atoms with E-state index in [4.69, 9.17) is 0 Å². The molecule has 19 heavy (non-hydrogen) atoms. The van der Waals surface area contributed by atoms with Crippen LogP contribution in [0.2, 0.25) is 0 Å². The minimum Gasteiger partial charge on any atom is -0.478 e. The van der Waals surface area contributed by atoms with Crippen molar-refractivity contribution in [2.24, 2.45) is 0 Å². The number of carboxylic acid groups (broad SMARTS) is 1. The van der Waals surface area contributed by atoms with Gasteiger partial charge in [-0.15, -0.1) is 0 Å². The van der Waals surface area contributed by atoms with Gasteiger partial charge in [-0.05, 0) is 12.5 Å². The van der Waals surface area contributed by atoms with Gasteiger partial charge in [-0.1, -0.05) is 24.3 Å². The summed E-state index contributed by atoms with van der Waals surface area (Å²) < 4.78 is 0. The SMILES string of the molecule is Cc1[nH]c2c(c1C(=O)O)-c1ccccc1C(=O)C2=O. The summed E-state index contributed by atoms with van der Waals surface area (Å²) in [6.07, 6.45) is 0. The highest BCUT2D eigenvalue weighted by Crippen LogP contribution is 2.37. The van der Waals surface area contributed by atoms with E-state index in [1.54, 1.807) is 25.1 Å². The average Bonchev–Trinajstić information content (AvgIpc) is 2.74. The zero-order chi connectivity index (χ0) is 13.7. The van der Waals surface area contributed by atoms with Gasteiger partial charge < -0.3 is 10.1 Å². The van der Waals surface area contributed by atoms with Crippen LogP contribution >= 0.6 is 0 Å². The first kappa shape index (κ1) is 11.4. The van der Waals surface area contributed by atoms with Crippen LogP contribution in [0.5, 0.6) is 0 Å². The van der Waals surface area contributed by atoms with Crippen LogP contribution in [0.15, 0.2) is 24.3 Å². The van der Waals surface area contributed by atoms with Gasteiger partial charge in [0.25, 0.3) is 0 Å². The Morgan fingerprint density at radius 3 is 2.37 bits per heavy atom. The van der Waals surface area contributed by atoms with Gasteiger partial charge in [-0.25, -0.2) is 4.79 Å². The molecule has 0 radical (unpaired) electrons. The number of hydrogen-bond acceptors (Lipinski definition) is 3. The predicted molar refractivity (Wildman–Crippen MR) is 66.6 cm³/mol. The number of fused-ring (bicyclic) bond motifs is 3. The molecule has 0 fully saturated rings. The molecule has 2 aromatic rings. The molecule has 94 valence electrons. The van der Waals surface area contributed by atoms with Gasteiger partial charge in [0.1, 0.15) is 0 Å². The lowest BCUT2D eigenvalue weighted by atomic mass is 9.86. The maximum atomic E-state index is 12.0. The molecule has 0 amide bonds. The molecular weight excluding hydrogens is 246 g/mol. The van der Waals surface area contributed by atoms with E-state index in [1.165, 1.54) is 6.07 Å². The molecule has 0 aliphatic heterocycles. The van der Waals surface area contributed by atoms with E-state index in [-0.39, 0.29) is 16.8 Å². The molecule has 1 aliphatic rings. The smallest absolute Gasteiger partial charge is 0.338 e. The van der Waals surface area contributed by atoms with Gasteiger partial charge in [0.15, 0.2) is 0 Å². The lowest BCUT2D eigenvalue weighted by Crippen LogP contribution is -2.21. The van der Waals surface area contributed by atoms with Gasteiger partial charge in [0.05, 0.1) is 11.3 Å². The van der Waals surface area contributed by atoms with Crippen molar-refractivity contribution in [1.29, 1.82) is 0 Å². The van der Waals surface area contributed by atoms with Crippen LogP contribution in [-0.2, 0) is 0 Å². The number of carbonyl (C=O) groups is 3. The maximum absolute atomic E-state index is 12.0. The first-order chi connectivity index (χ1) is 9.02. The number of aromatic nitrogens is 1. The molecule has 0 bridgehead atoms. The fourth-order valence-electron chi connectivity index (χ4n) is 2.47. The van der Waals surface area contributed by atoms with E-state index in [0.29, 0.717) is 16.8 Å². The van der Waals surface area contributed by atoms with Crippen molar-refractivity contribution in [1.82, 2.24) is 4.98 Å². The molecule has 3 rings (SSSR count). The predicted octanol–water partition coefficient (Wildman–Crippen LogP) is 2.07. The number of carboxylic acids is 1. The van der Waals surface area contributed by atoms with E-state index < -0.39 is 17.5 Å². The minimum atomic E-state index is -1.12. The van der Waals surface area contributed by atoms with E-state index in [1.807, 2.05) is 0 Å².